The third kappa shape index (κ3) is 6.03. The van der Waals surface area contributed by atoms with Gasteiger partial charge in [-0.15, -0.1) is 0 Å². The van der Waals surface area contributed by atoms with E-state index < -0.39 is 23.9 Å². The molecule has 1 fully saturated rings. The number of hydrogen-bond acceptors (Lipinski definition) is 5. The van der Waals surface area contributed by atoms with Crippen molar-refractivity contribution in [2.24, 2.45) is 0 Å². The van der Waals surface area contributed by atoms with Crippen LogP contribution in [0.3, 0.4) is 0 Å². The molecule has 0 radical (unpaired) electrons. The van der Waals surface area contributed by atoms with E-state index in [0.29, 0.717) is 38.2 Å². The number of thioether (sulfide) groups is 1. The highest BCUT2D eigenvalue weighted by Gasteiger charge is 2.37. The molecule has 2 N–H and O–H groups in total. The Hall–Kier alpha value is -3.64. The second-order valence-corrected chi connectivity index (χ2v) is 11.3. The zero-order valence-corrected chi connectivity index (χ0v) is 23.6. The topological polar surface area (TPSA) is 96.4 Å². The molecule has 5 amide bonds. The average Bonchev–Trinajstić information content (AvgIpc) is 3.14. The molecule has 0 saturated carbocycles. The fourth-order valence-electron chi connectivity index (χ4n) is 5.59. The maximum Gasteiger partial charge on any atom is 0.326 e. The Morgan fingerprint density at radius 3 is 2.59 bits per heavy atom. The summed E-state index contributed by atoms with van der Waals surface area (Å²) in [5, 5.41) is 13.9. The number of urea groups is 2. The van der Waals surface area contributed by atoms with E-state index in [4.69, 9.17) is 0 Å². The van der Waals surface area contributed by atoms with E-state index in [1.807, 2.05) is 35.4 Å². The second-order valence-electron chi connectivity index (χ2n) is 10.3. The number of likely N-dealkylation sites (tertiary alicyclic amines) is 1. The molecule has 41 heavy (non-hydrogen) atoms. The van der Waals surface area contributed by atoms with Gasteiger partial charge in [0.15, 0.2) is 17.9 Å². The highest BCUT2D eigenvalue weighted by molar-refractivity contribution is 7.98. The number of halogens is 2. The molecule has 3 aliphatic rings. The summed E-state index contributed by atoms with van der Waals surface area (Å²) < 4.78 is 28.7. The molecule has 1 unspecified atom stereocenters. The molecule has 3 heterocycles. The second kappa shape index (κ2) is 12.5. The van der Waals surface area contributed by atoms with Crippen LogP contribution in [0.4, 0.5) is 24.1 Å². The highest BCUT2D eigenvalue weighted by Crippen LogP contribution is 2.30. The van der Waals surface area contributed by atoms with Crippen molar-refractivity contribution in [1.29, 1.82) is 0 Å². The van der Waals surface area contributed by atoms with Crippen LogP contribution in [0.1, 0.15) is 24.0 Å². The number of carbonyl (C=O) groups is 3. The molecule has 2 aromatic rings. The Bertz CT molecular complexity index is 1350. The molecule has 0 spiro atoms. The highest BCUT2D eigenvalue weighted by atomic mass is 32.2. The summed E-state index contributed by atoms with van der Waals surface area (Å²) >= 11 is 1.47. The number of benzene rings is 2. The van der Waals surface area contributed by atoms with E-state index in [0.717, 1.165) is 33.5 Å². The third-order valence-corrected chi connectivity index (χ3v) is 8.45. The summed E-state index contributed by atoms with van der Waals surface area (Å²) in [6.45, 7) is 1.26. The summed E-state index contributed by atoms with van der Waals surface area (Å²) in [6.07, 6.45) is 3.53. The van der Waals surface area contributed by atoms with Gasteiger partial charge in [-0.3, -0.25) is 14.6 Å². The first-order valence-electron chi connectivity index (χ1n) is 13.6. The van der Waals surface area contributed by atoms with Crippen LogP contribution in [0.15, 0.2) is 48.7 Å². The molecular weight excluding hydrogens is 552 g/mol. The molecular formula is C29H33F2N5O4S. The largest absolute Gasteiger partial charge is 0.369 e. The van der Waals surface area contributed by atoms with Gasteiger partial charge in [0.25, 0.3) is 0 Å². The van der Waals surface area contributed by atoms with E-state index in [1.54, 1.807) is 4.90 Å². The number of para-hydroxylation sites is 1. The Kier molecular flexibility index (Phi) is 8.79. The molecule has 218 valence electrons. The lowest BCUT2D eigenvalue weighted by Crippen LogP contribution is -2.55. The molecule has 2 aromatic carbocycles. The Morgan fingerprint density at radius 1 is 1.07 bits per heavy atom. The predicted octanol–water partition coefficient (Wildman–Crippen LogP) is 3.81. The van der Waals surface area contributed by atoms with Crippen LogP contribution in [0, 0.1) is 11.6 Å². The quantitative estimate of drug-likeness (QED) is 0.516. The molecule has 0 aliphatic carbocycles. The minimum atomic E-state index is -1.49. The molecule has 12 heteroatoms. The lowest BCUT2D eigenvalue weighted by atomic mass is 10.0. The summed E-state index contributed by atoms with van der Waals surface area (Å²) in [4.78, 5) is 45.3. The van der Waals surface area contributed by atoms with Gasteiger partial charge in [-0.1, -0.05) is 30.3 Å². The van der Waals surface area contributed by atoms with E-state index in [-0.39, 0.29) is 42.2 Å². The van der Waals surface area contributed by atoms with Crippen molar-refractivity contribution in [3.63, 3.8) is 0 Å². The molecule has 9 nitrogen and oxygen atoms in total. The van der Waals surface area contributed by atoms with Crippen molar-refractivity contribution < 1.29 is 28.3 Å². The number of piperidine rings is 1. The smallest absolute Gasteiger partial charge is 0.326 e. The fraction of sp³-hybridized carbons (Fsp3) is 0.414. The molecule has 1 atom stereocenters. The van der Waals surface area contributed by atoms with Gasteiger partial charge in [-0.25, -0.2) is 18.4 Å². The lowest BCUT2D eigenvalue weighted by Gasteiger charge is -2.40. The number of anilines is 1. The van der Waals surface area contributed by atoms with Crippen LogP contribution >= 0.6 is 11.8 Å². The summed E-state index contributed by atoms with van der Waals surface area (Å²) in [5.74, 6) is -2.01. The van der Waals surface area contributed by atoms with Gasteiger partial charge in [0, 0.05) is 61.0 Å². The zero-order valence-electron chi connectivity index (χ0n) is 22.8. The van der Waals surface area contributed by atoms with Crippen molar-refractivity contribution in [1.82, 2.24) is 19.6 Å². The number of fused-ring (bicyclic) bond motifs is 1. The van der Waals surface area contributed by atoms with Crippen LogP contribution < -0.4 is 5.32 Å². The average molecular weight is 586 g/mol. The number of amides is 5. The zero-order chi connectivity index (χ0) is 29.1. The number of hydrogen-bond donors (Lipinski definition) is 2. The van der Waals surface area contributed by atoms with Crippen LogP contribution in [0.5, 0.6) is 0 Å². The normalized spacial score (nSPS) is 20.0. The summed E-state index contributed by atoms with van der Waals surface area (Å²) in [5.41, 5.74) is 1.74. The van der Waals surface area contributed by atoms with Crippen molar-refractivity contribution in [3.8, 4) is 0 Å². The molecule has 0 aromatic heterocycles. The molecule has 1 saturated heterocycles. The van der Waals surface area contributed by atoms with Crippen LogP contribution in [-0.4, -0.2) is 99.7 Å². The Labute approximate surface area is 241 Å². The molecule has 3 aliphatic heterocycles. The van der Waals surface area contributed by atoms with Crippen molar-refractivity contribution >= 4 is 41.0 Å². The first-order chi connectivity index (χ1) is 19.8. The van der Waals surface area contributed by atoms with Crippen LogP contribution in [-0.2, 0) is 11.2 Å². The van der Waals surface area contributed by atoms with Gasteiger partial charge in [-0.05, 0) is 43.2 Å². The number of rotatable bonds is 7. The molecule has 5 rings (SSSR count). The number of aliphatic hydroxyl groups is 1. The summed E-state index contributed by atoms with van der Waals surface area (Å²) in [6, 6.07) is 10.6. The van der Waals surface area contributed by atoms with Crippen molar-refractivity contribution in [2.45, 2.75) is 31.5 Å². The first kappa shape index (κ1) is 28.9. The van der Waals surface area contributed by atoms with Gasteiger partial charge < -0.3 is 20.2 Å². The van der Waals surface area contributed by atoms with Crippen molar-refractivity contribution in [2.75, 3.05) is 50.0 Å². The SMILES string of the molecule is CSCCN1C(=O)N(CC(=O)N2CCC(N3CCc4ccccc4NC3=O)CC2)C=C(c2cccc(F)c2F)C1O. The van der Waals surface area contributed by atoms with Crippen LogP contribution in [0.2, 0.25) is 0 Å². The number of aliphatic hydroxyl groups excluding tert-OH is 1. The van der Waals surface area contributed by atoms with Gasteiger partial charge >= 0.3 is 12.1 Å². The maximum atomic E-state index is 14.7. The van der Waals surface area contributed by atoms with Gasteiger partial charge in [-0.2, -0.15) is 11.8 Å². The number of carbonyl (C=O) groups excluding carboxylic acids is 3. The maximum absolute atomic E-state index is 14.7. The van der Waals surface area contributed by atoms with E-state index >= 15 is 0 Å². The van der Waals surface area contributed by atoms with E-state index in [2.05, 4.69) is 5.32 Å². The fourth-order valence-corrected chi connectivity index (χ4v) is 5.97. The monoisotopic (exact) mass is 585 g/mol. The van der Waals surface area contributed by atoms with Gasteiger partial charge in [0.2, 0.25) is 5.91 Å². The van der Waals surface area contributed by atoms with Crippen LogP contribution in [0.25, 0.3) is 5.57 Å². The molecule has 0 bridgehead atoms. The third-order valence-electron chi connectivity index (χ3n) is 7.86. The Morgan fingerprint density at radius 2 is 1.83 bits per heavy atom. The lowest BCUT2D eigenvalue weighted by molar-refractivity contribution is -0.133. The summed E-state index contributed by atoms with van der Waals surface area (Å²) in [7, 11) is 0. The minimum absolute atomic E-state index is 0.00221. The predicted molar refractivity (Wildman–Crippen MR) is 153 cm³/mol. The van der Waals surface area contributed by atoms with E-state index in [1.165, 1.54) is 30.1 Å². The van der Waals surface area contributed by atoms with Crippen molar-refractivity contribution in [3.05, 3.63) is 71.4 Å². The number of nitrogens with zero attached hydrogens (tertiary/aromatic N) is 4. The Balaban J connectivity index is 1.26. The first-order valence-corrected chi connectivity index (χ1v) is 15.0. The minimum Gasteiger partial charge on any atom is -0.369 e. The number of nitrogens with one attached hydrogen (secondary N) is 1. The van der Waals surface area contributed by atoms with Gasteiger partial charge in [0.05, 0.1) is 0 Å². The van der Waals surface area contributed by atoms with E-state index in [9.17, 15) is 28.3 Å². The van der Waals surface area contributed by atoms with Gasteiger partial charge in [0.1, 0.15) is 6.54 Å². The standard InChI is InChI=1S/C29H33F2N5O4S/c1-41-16-15-36-27(38)22(21-6-4-7-23(30)26(21)31)17-34(29(36)40)18-25(37)33-12-10-20(11-13-33)35-14-9-19-5-2-3-8-24(19)32-28(35)39/h2-8,17,20,27,38H,9-16,18H2,1H3,(H,32,39).